The molecule has 18 heteroatoms. The number of carbonyl (C=O) groups excluding carboxylic acids is 8. The summed E-state index contributed by atoms with van der Waals surface area (Å²) in [6.45, 7) is 18.0. The lowest BCUT2D eigenvalue weighted by molar-refractivity contribution is -0.149. The van der Waals surface area contributed by atoms with Gasteiger partial charge in [0.1, 0.15) is 18.7 Å². The van der Waals surface area contributed by atoms with Crippen molar-refractivity contribution in [1.29, 1.82) is 0 Å². The molecule has 1 aromatic heterocycles. The van der Waals surface area contributed by atoms with E-state index in [1.165, 1.54) is 11.8 Å². The molecule has 0 aliphatic rings. The third kappa shape index (κ3) is 15.8. The zero-order valence-electron chi connectivity index (χ0n) is 43.2. The smallest absolute Gasteiger partial charge is 0.328 e. The lowest BCUT2D eigenvalue weighted by Crippen LogP contribution is -2.61. The number of hydrogen-bond donors (Lipinski definition) is 6. The van der Waals surface area contributed by atoms with E-state index in [-0.39, 0.29) is 62.2 Å². The number of carbonyl (C=O) groups is 8. The van der Waals surface area contributed by atoms with E-state index in [1.807, 2.05) is 90.5 Å². The molecule has 0 unspecified atom stereocenters. The number of nitrogens with one attached hydrogen (secondary N) is 4. The number of aromatic nitrogens is 1. The van der Waals surface area contributed by atoms with E-state index in [4.69, 9.17) is 20.9 Å². The van der Waals surface area contributed by atoms with Gasteiger partial charge in [0.2, 0.25) is 29.5 Å². The fourth-order valence-electron chi connectivity index (χ4n) is 8.23. The standard InChI is InChI=1S/C52H76N8O10/c1-14-69-50(68)37(23-24-43(63)70-29-34-21-19-33(20-22-34)26-41(61)38(27-42(54)62)57-47(65)32(5)53)56-46(64)31(4)25-40(30(2)3)60(13)49(67)45(51(6,7)8)58-48(66)44(55-11)52(9,10)36-28-59(12)39-18-16-15-17-35(36)39/h15-22,25,28,30,32,37-38,40,44-45,55H,14,23-24,26-27,29,53H2,1-13H3,(H2,54,62)(H,56,64)(H,57,65)(H,58,66)/b31-25+/t32-,37+,38-,40+,44+,45+/m0/s1. The predicted octanol–water partition coefficient (Wildman–Crippen LogP) is 3.39. The second-order valence-electron chi connectivity index (χ2n) is 19.9. The maximum absolute atomic E-state index is 14.5. The molecular weight excluding hydrogens is 897 g/mol. The van der Waals surface area contributed by atoms with Crippen LogP contribution >= 0.6 is 0 Å². The number of aryl methyl sites for hydroxylation is 1. The average Bonchev–Trinajstić information content (AvgIpc) is 3.63. The number of para-hydroxylation sites is 1. The Morgan fingerprint density at radius 1 is 0.829 bits per heavy atom. The van der Waals surface area contributed by atoms with Crippen LogP contribution in [0, 0.1) is 11.3 Å². The maximum Gasteiger partial charge on any atom is 0.328 e. The van der Waals surface area contributed by atoms with E-state index in [0.717, 1.165) is 16.5 Å². The minimum Gasteiger partial charge on any atom is -0.464 e. The van der Waals surface area contributed by atoms with Crippen LogP contribution in [-0.4, -0.2) is 114 Å². The highest BCUT2D eigenvalue weighted by Crippen LogP contribution is 2.35. The van der Waals surface area contributed by atoms with E-state index in [2.05, 4.69) is 21.3 Å². The fourth-order valence-corrected chi connectivity index (χ4v) is 8.23. The molecule has 0 saturated carbocycles. The number of nitrogens with two attached hydrogens (primary N) is 2. The van der Waals surface area contributed by atoms with E-state index < -0.39 is 82.5 Å². The number of ketones is 1. The van der Waals surface area contributed by atoms with Gasteiger partial charge in [0.05, 0.1) is 37.2 Å². The first kappa shape index (κ1) is 57.9. The summed E-state index contributed by atoms with van der Waals surface area (Å²) in [5.41, 5.74) is 12.9. The molecule has 0 aliphatic heterocycles. The maximum atomic E-state index is 14.5. The molecule has 0 radical (unpaired) electrons. The van der Waals surface area contributed by atoms with Crippen LogP contribution in [0.4, 0.5) is 0 Å². The fraction of sp³-hybridized carbons (Fsp3) is 0.538. The van der Waals surface area contributed by atoms with Crippen LogP contribution in [0.5, 0.6) is 0 Å². The van der Waals surface area contributed by atoms with Crippen molar-refractivity contribution in [3.05, 3.63) is 83.1 Å². The Kier molecular flexibility index (Phi) is 21.1. The Balaban J connectivity index is 1.69. The van der Waals surface area contributed by atoms with Gasteiger partial charge in [-0.3, -0.25) is 33.6 Å². The van der Waals surface area contributed by atoms with E-state index >= 15 is 0 Å². The van der Waals surface area contributed by atoms with Crippen LogP contribution in [0.2, 0.25) is 0 Å². The molecule has 0 saturated heterocycles. The minimum absolute atomic E-state index is 0.0307. The molecule has 0 fully saturated rings. The van der Waals surface area contributed by atoms with Gasteiger partial charge in [0.15, 0.2) is 5.78 Å². The van der Waals surface area contributed by atoms with Crippen molar-refractivity contribution in [2.75, 3.05) is 20.7 Å². The molecule has 2 aromatic carbocycles. The van der Waals surface area contributed by atoms with Gasteiger partial charge in [-0.15, -0.1) is 0 Å². The first-order chi connectivity index (χ1) is 32.6. The van der Waals surface area contributed by atoms with Gasteiger partial charge in [-0.25, -0.2) is 4.79 Å². The van der Waals surface area contributed by atoms with Gasteiger partial charge >= 0.3 is 11.9 Å². The van der Waals surface area contributed by atoms with Crippen molar-refractivity contribution in [1.82, 2.24) is 30.7 Å². The molecule has 384 valence electrons. The molecule has 8 N–H and O–H groups in total. The van der Waals surface area contributed by atoms with Crippen LogP contribution in [0.25, 0.3) is 10.9 Å². The number of likely N-dealkylation sites (N-methyl/N-ethyl adjacent to an activating group) is 2. The highest BCUT2D eigenvalue weighted by atomic mass is 16.5. The third-order valence-corrected chi connectivity index (χ3v) is 12.4. The van der Waals surface area contributed by atoms with Crippen molar-refractivity contribution >= 4 is 58.2 Å². The summed E-state index contributed by atoms with van der Waals surface area (Å²) in [6, 6.07) is 9.09. The topological polar surface area (TPSA) is 263 Å². The van der Waals surface area contributed by atoms with Crippen LogP contribution in [0.3, 0.4) is 0 Å². The highest BCUT2D eigenvalue weighted by molar-refractivity contribution is 5.97. The zero-order chi connectivity index (χ0) is 52.8. The third-order valence-electron chi connectivity index (χ3n) is 12.4. The largest absolute Gasteiger partial charge is 0.464 e. The van der Waals surface area contributed by atoms with Gasteiger partial charge in [0, 0.05) is 55.0 Å². The summed E-state index contributed by atoms with van der Waals surface area (Å²) < 4.78 is 12.7. The molecule has 5 amide bonds. The van der Waals surface area contributed by atoms with E-state index in [1.54, 1.807) is 58.3 Å². The summed E-state index contributed by atoms with van der Waals surface area (Å²) in [5.74, 6) is -4.67. The summed E-state index contributed by atoms with van der Waals surface area (Å²) >= 11 is 0. The van der Waals surface area contributed by atoms with Crippen LogP contribution < -0.4 is 32.7 Å². The van der Waals surface area contributed by atoms with Gasteiger partial charge in [0.25, 0.3) is 0 Å². The summed E-state index contributed by atoms with van der Waals surface area (Å²) in [5, 5.41) is 12.5. The second kappa shape index (κ2) is 25.5. The number of Topliss-reactive ketones (excluding diaryl/α,β-unsaturated/α-hetero) is 1. The number of rotatable bonds is 25. The number of amides is 5. The second-order valence-corrected chi connectivity index (χ2v) is 19.9. The minimum atomic E-state index is -1.20. The van der Waals surface area contributed by atoms with Crippen molar-refractivity contribution < 1.29 is 47.8 Å². The molecule has 1 heterocycles. The number of benzene rings is 2. The Labute approximate surface area is 412 Å². The molecule has 70 heavy (non-hydrogen) atoms. The predicted molar refractivity (Wildman–Crippen MR) is 267 cm³/mol. The summed E-state index contributed by atoms with van der Waals surface area (Å²) in [6.07, 6.45) is 2.82. The first-order valence-electron chi connectivity index (χ1n) is 23.7. The number of primary amides is 1. The van der Waals surface area contributed by atoms with Crippen molar-refractivity contribution in [3.8, 4) is 0 Å². The van der Waals surface area contributed by atoms with Crippen LogP contribution in [0.15, 0.2) is 66.4 Å². The van der Waals surface area contributed by atoms with Gasteiger partial charge in [-0.1, -0.05) is 97.0 Å². The molecule has 6 atom stereocenters. The lowest BCUT2D eigenvalue weighted by atomic mass is 9.76. The molecule has 0 bridgehead atoms. The number of ether oxygens (including phenoxy) is 2. The number of hydrogen-bond acceptors (Lipinski definition) is 12. The normalized spacial score (nSPS) is 14.6. The molecule has 18 nitrogen and oxygen atoms in total. The van der Waals surface area contributed by atoms with Crippen LogP contribution in [-0.2, 0) is 73.3 Å². The monoisotopic (exact) mass is 973 g/mol. The zero-order valence-corrected chi connectivity index (χ0v) is 43.2. The number of nitrogens with zero attached hydrogens (tertiary/aromatic N) is 2. The molecular formula is C52H76N8O10. The Hall–Kier alpha value is -6.40. The van der Waals surface area contributed by atoms with Crippen molar-refractivity contribution in [2.24, 2.45) is 29.8 Å². The van der Waals surface area contributed by atoms with E-state index in [9.17, 15) is 38.4 Å². The first-order valence-corrected chi connectivity index (χ1v) is 23.7. The van der Waals surface area contributed by atoms with Gasteiger partial charge in [-0.2, -0.15) is 0 Å². The summed E-state index contributed by atoms with van der Waals surface area (Å²) in [4.78, 5) is 107. The quantitative estimate of drug-likeness (QED) is 0.0528. The Morgan fingerprint density at radius 3 is 2.00 bits per heavy atom. The van der Waals surface area contributed by atoms with E-state index in [0.29, 0.717) is 11.1 Å². The van der Waals surface area contributed by atoms with Crippen LogP contribution in [0.1, 0.15) is 105 Å². The average molecular weight is 973 g/mol. The molecule has 0 aliphatic carbocycles. The van der Waals surface area contributed by atoms with Gasteiger partial charge in [-0.05, 0) is 68.3 Å². The van der Waals surface area contributed by atoms with Crippen molar-refractivity contribution in [3.63, 3.8) is 0 Å². The number of fused-ring (bicyclic) bond motifs is 1. The summed E-state index contributed by atoms with van der Waals surface area (Å²) in [7, 11) is 5.33. The molecule has 3 aromatic rings. The molecule has 0 spiro atoms. The number of esters is 2. The Bertz CT molecular complexity index is 2380. The van der Waals surface area contributed by atoms with Gasteiger partial charge < -0.3 is 51.7 Å². The van der Waals surface area contributed by atoms with Crippen molar-refractivity contribution in [2.45, 2.75) is 143 Å². The Morgan fingerprint density at radius 2 is 1.44 bits per heavy atom. The highest BCUT2D eigenvalue weighted by Gasteiger charge is 2.42. The lowest BCUT2D eigenvalue weighted by Gasteiger charge is -2.39. The SMILES string of the molecule is CCOC(=O)[C@@H](CCC(=O)OCc1ccc(CC(=O)[C@H](CC(N)=O)NC(=O)[C@H](C)N)cc1)NC(=O)/C(C)=C/[C@H](C(C)C)N(C)C(=O)[C@@H](NC(=O)[C@@H](NC)C(C)(C)c1cn(C)c2ccccc12)C(C)(C)C. The molecule has 3 rings (SSSR count).